The second-order valence-corrected chi connectivity index (χ2v) is 4.48. The maximum atomic E-state index is 5.77. The lowest BCUT2D eigenvalue weighted by Gasteiger charge is -2.06. The molecular formula is C8H10ClN3S. The van der Waals surface area contributed by atoms with Crippen molar-refractivity contribution in [2.45, 2.75) is 12.8 Å². The molecule has 0 amide bonds. The third-order valence-corrected chi connectivity index (χ3v) is 3.23. The maximum absolute atomic E-state index is 5.77. The summed E-state index contributed by atoms with van der Waals surface area (Å²) in [6.45, 7) is 0. The van der Waals surface area contributed by atoms with Crippen LogP contribution in [0.5, 0.6) is 0 Å². The van der Waals surface area contributed by atoms with Gasteiger partial charge in [0, 0.05) is 5.56 Å². The number of hydrogen-bond donors (Lipinski definition) is 1. The van der Waals surface area contributed by atoms with Gasteiger partial charge in [0.15, 0.2) is 0 Å². The molecule has 0 fully saturated rings. The van der Waals surface area contributed by atoms with Crippen LogP contribution in [0.1, 0.15) is 11.3 Å². The number of nitrogen functional groups attached to an aromatic ring is 1. The number of nitrogens with zero attached hydrogens (tertiary/aromatic N) is 2. The average Bonchev–Trinajstić information content (AvgIpc) is 2.28. The minimum Gasteiger partial charge on any atom is -0.383 e. The van der Waals surface area contributed by atoms with Crippen molar-refractivity contribution in [2.75, 3.05) is 17.2 Å². The van der Waals surface area contributed by atoms with Gasteiger partial charge in [0.05, 0.1) is 5.69 Å². The van der Waals surface area contributed by atoms with Gasteiger partial charge in [-0.1, -0.05) is 0 Å². The zero-order chi connectivity index (χ0) is 9.26. The largest absolute Gasteiger partial charge is 0.383 e. The molecule has 1 aromatic rings. The maximum Gasteiger partial charge on any atom is 0.224 e. The molecule has 0 bridgehead atoms. The molecule has 0 aliphatic carbocycles. The summed E-state index contributed by atoms with van der Waals surface area (Å²) in [5, 5.41) is 0.267. The number of thioether (sulfide) groups is 1. The summed E-state index contributed by atoms with van der Waals surface area (Å²) in [6, 6.07) is 0. The van der Waals surface area contributed by atoms with E-state index in [1.165, 1.54) is 0 Å². The second kappa shape index (κ2) is 3.72. The van der Waals surface area contributed by atoms with E-state index in [9.17, 15) is 0 Å². The van der Waals surface area contributed by atoms with E-state index >= 15 is 0 Å². The number of anilines is 1. The topological polar surface area (TPSA) is 51.8 Å². The molecular weight excluding hydrogens is 206 g/mol. The van der Waals surface area contributed by atoms with Gasteiger partial charge in [-0.3, -0.25) is 0 Å². The lowest BCUT2D eigenvalue weighted by Crippen LogP contribution is -2.05. The summed E-state index contributed by atoms with van der Waals surface area (Å²) < 4.78 is 0. The summed E-state index contributed by atoms with van der Waals surface area (Å²) in [6.07, 6.45) is 1.91. The molecule has 2 rings (SSSR count). The molecule has 70 valence electrons. The fourth-order valence-corrected chi connectivity index (χ4v) is 2.53. The van der Waals surface area contributed by atoms with Crippen molar-refractivity contribution in [3.63, 3.8) is 0 Å². The van der Waals surface area contributed by atoms with Crippen LogP contribution in [0.3, 0.4) is 0 Å². The standard InChI is InChI=1S/C8H10ClN3S/c9-8-11-6-2-4-13-3-1-5(6)7(10)12-8/h1-4H2,(H2,10,11,12). The molecule has 0 radical (unpaired) electrons. The number of hydrogen-bond acceptors (Lipinski definition) is 4. The molecule has 1 aromatic heterocycles. The minimum absolute atomic E-state index is 0.267. The van der Waals surface area contributed by atoms with E-state index in [0.29, 0.717) is 5.82 Å². The highest BCUT2D eigenvalue weighted by molar-refractivity contribution is 7.99. The van der Waals surface area contributed by atoms with Crippen LogP contribution in [0.4, 0.5) is 5.82 Å². The van der Waals surface area contributed by atoms with E-state index in [1.54, 1.807) is 0 Å². The van der Waals surface area contributed by atoms with Crippen molar-refractivity contribution >= 4 is 29.2 Å². The van der Waals surface area contributed by atoms with E-state index in [1.807, 2.05) is 11.8 Å². The van der Waals surface area contributed by atoms with Crippen LogP contribution in [0, 0.1) is 0 Å². The smallest absolute Gasteiger partial charge is 0.224 e. The first-order valence-corrected chi connectivity index (χ1v) is 5.69. The number of nitrogens with two attached hydrogens (primary N) is 1. The molecule has 0 unspecified atom stereocenters. The zero-order valence-electron chi connectivity index (χ0n) is 7.09. The molecule has 13 heavy (non-hydrogen) atoms. The second-order valence-electron chi connectivity index (χ2n) is 2.92. The molecule has 5 heteroatoms. The Morgan fingerprint density at radius 3 is 2.85 bits per heavy atom. The Bertz CT molecular complexity index is 329. The fourth-order valence-electron chi connectivity index (χ4n) is 1.44. The Labute approximate surface area is 86.1 Å². The lowest BCUT2D eigenvalue weighted by atomic mass is 10.1. The van der Waals surface area contributed by atoms with Crippen molar-refractivity contribution in [3.05, 3.63) is 16.5 Å². The molecule has 2 N–H and O–H groups in total. The van der Waals surface area contributed by atoms with Gasteiger partial charge in [0.25, 0.3) is 0 Å². The summed E-state index contributed by atoms with van der Waals surface area (Å²) in [4.78, 5) is 8.15. The summed E-state index contributed by atoms with van der Waals surface area (Å²) >= 11 is 7.65. The van der Waals surface area contributed by atoms with E-state index in [0.717, 1.165) is 35.6 Å². The predicted molar refractivity (Wildman–Crippen MR) is 56.2 cm³/mol. The van der Waals surface area contributed by atoms with Crippen LogP contribution in [-0.2, 0) is 12.8 Å². The highest BCUT2D eigenvalue weighted by atomic mass is 35.5. The summed E-state index contributed by atoms with van der Waals surface area (Å²) in [7, 11) is 0. The molecule has 1 aliphatic rings. The average molecular weight is 216 g/mol. The molecule has 0 atom stereocenters. The first-order valence-electron chi connectivity index (χ1n) is 4.16. The number of fused-ring (bicyclic) bond motifs is 1. The Hall–Kier alpha value is -0.480. The van der Waals surface area contributed by atoms with Crippen LogP contribution in [0.2, 0.25) is 5.28 Å². The van der Waals surface area contributed by atoms with Crippen molar-refractivity contribution in [2.24, 2.45) is 0 Å². The van der Waals surface area contributed by atoms with Crippen molar-refractivity contribution in [3.8, 4) is 0 Å². The molecule has 1 aliphatic heterocycles. The highest BCUT2D eigenvalue weighted by Gasteiger charge is 2.14. The van der Waals surface area contributed by atoms with E-state index in [4.69, 9.17) is 17.3 Å². The monoisotopic (exact) mass is 215 g/mol. The molecule has 0 spiro atoms. The van der Waals surface area contributed by atoms with E-state index < -0.39 is 0 Å². The normalized spacial score (nSPS) is 16.4. The SMILES string of the molecule is Nc1nc(Cl)nc2c1CCSCC2. The summed E-state index contributed by atoms with van der Waals surface area (Å²) in [5.74, 6) is 2.75. The van der Waals surface area contributed by atoms with Crippen LogP contribution < -0.4 is 5.73 Å². The van der Waals surface area contributed by atoms with Crippen LogP contribution in [-0.4, -0.2) is 21.5 Å². The summed E-state index contributed by atoms with van der Waals surface area (Å²) in [5.41, 5.74) is 7.89. The predicted octanol–water partition coefficient (Wildman–Crippen LogP) is 1.54. The molecule has 3 nitrogen and oxygen atoms in total. The van der Waals surface area contributed by atoms with E-state index in [2.05, 4.69) is 9.97 Å². The van der Waals surface area contributed by atoms with Gasteiger partial charge in [-0.15, -0.1) is 0 Å². The molecule has 0 saturated carbocycles. The number of halogens is 1. The van der Waals surface area contributed by atoms with Crippen molar-refractivity contribution in [1.82, 2.24) is 9.97 Å². The Morgan fingerprint density at radius 2 is 2.00 bits per heavy atom. The molecule has 2 heterocycles. The number of aromatic nitrogens is 2. The third-order valence-electron chi connectivity index (χ3n) is 2.08. The highest BCUT2D eigenvalue weighted by Crippen LogP contribution is 2.23. The van der Waals surface area contributed by atoms with E-state index in [-0.39, 0.29) is 5.28 Å². The number of aryl methyl sites for hydroxylation is 1. The van der Waals surface area contributed by atoms with Crippen LogP contribution in [0.25, 0.3) is 0 Å². The zero-order valence-corrected chi connectivity index (χ0v) is 8.66. The van der Waals surface area contributed by atoms with Crippen molar-refractivity contribution < 1.29 is 0 Å². The molecule has 0 saturated heterocycles. The van der Waals surface area contributed by atoms with Crippen LogP contribution >= 0.6 is 23.4 Å². The van der Waals surface area contributed by atoms with Crippen molar-refractivity contribution in [1.29, 1.82) is 0 Å². The van der Waals surface area contributed by atoms with Gasteiger partial charge in [-0.05, 0) is 35.9 Å². The third kappa shape index (κ3) is 1.89. The van der Waals surface area contributed by atoms with Gasteiger partial charge in [-0.2, -0.15) is 11.8 Å². The first kappa shape index (κ1) is 9.09. The van der Waals surface area contributed by atoms with Gasteiger partial charge in [0.1, 0.15) is 5.82 Å². The van der Waals surface area contributed by atoms with Gasteiger partial charge < -0.3 is 5.73 Å². The van der Waals surface area contributed by atoms with Gasteiger partial charge >= 0.3 is 0 Å². The number of rotatable bonds is 0. The Balaban J connectivity index is 2.47. The minimum atomic E-state index is 0.267. The Morgan fingerprint density at radius 1 is 1.23 bits per heavy atom. The quantitative estimate of drug-likeness (QED) is 0.668. The van der Waals surface area contributed by atoms with Gasteiger partial charge in [-0.25, -0.2) is 9.97 Å². The fraction of sp³-hybridized carbons (Fsp3) is 0.500. The van der Waals surface area contributed by atoms with Crippen LogP contribution in [0.15, 0.2) is 0 Å². The molecule has 0 aromatic carbocycles. The Kier molecular flexibility index (Phi) is 2.60. The lowest BCUT2D eigenvalue weighted by molar-refractivity contribution is 0.963. The van der Waals surface area contributed by atoms with Gasteiger partial charge in [0.2, 0.25) is 5.28 Å². The first-order chi connectivity index (χ1) is 6.27.